The van der Waals surface area contributed by atoms with Gasteiger partial charge in [0.2, 0.25) is 0 Å². The van der Waals surface area contributed by atoms with Gasteiger partial charge in [-0.3, -0.25) is 9.89 Å². The number of nitrogens with one attached hydrogen (secondary N) is 2. The summed E-state index contributed by atoms with van der Waals surface area (Å²) in [7, 11) is 0. The van der Waals surface area contributed by atoms with Gasteiger partial charge in [0, 0.05) is 38.3 Å². The van der Waals surface area contributed by atoms with E-state index in [0.29, 0.717) is 18.6 Å². The number of guanidine groups is 1. The van der Waals surface area contributed by atoms with Crippen LogP contribution in [0.3, 0.4) is 0 Å². The van der Waals surface area contributed by atoms with E-state index in [1.165, 1.54) is 12.8 Å². The van der Waals surface area contributed by atoms with E-state index in [2.05, 4.69) is 20.5 Å². The van der Waals surface area contributed by atoms with Crippen molar-refractivity contribution in [1.82, 2.24) is 15.5 Å². The van der Waals surface area contributed by atoms with Gasteiger partial charge in [-0.25, -0.2) is 0 Å². The molecule has 0 amide bonds. The van der Waals surface area contributed by atoms with Gasteiger partial charge in [-0.15, -0.1) is 0 Å². The van der Waals surface area contributed by atoms with Crippen LogP contribution in [0.5, 0.6) is 0 Å². The minimum Gasteiger partial charge on any atom is -0.354 e. The molecule has 2 aliphatic rings. The van der Waals surface area contributed by atoms with Crippen molar-refractivity contribution in [2.45, 2.75) is 51.0 Å². The molecule has 1 atom stereocenters. The van der Waals surface area contributed by atoms with Crippen LogP contribution in [0.4, 0.5) is 13.2 Å². The quantitative estimate of drug-likeness (QED) is 0.631. The molecule has 138 valence electrons. The van der Waals surface area contributed by atoms with Crippen LogP contribution in [-0.2, 0) is 12.7 Å². The number of halogens is 3. The lowest BCUT2D eigenvalue weighted by atomic mass is 10.1. The fourth-order valence-corrected chi connectivity index (χ4v) is 3.06. The molecule has 1 aromatic rings. The first kappa shape index (κ1) is 18.0. The fourth-order valence-electron chi connectivity index (χ4n) is 3.06. The number of nitrogens with zero attached hydrogens (tertiary/aromatic N) is 2. The SMILES string of the molecule is CCN=C(NC1CC1)NC1CCN(Cc2ccc(C(F)(F)F)cc2)C1. The average molecular weight is 354 g/mol. The van der Waals surface area contributed by atoms with Gasteiger partial charge in [0.1, 0.15) is 0 Å². The van der Waals surface area contributed by atoms with E-state index in [4.69, 9.17) is 0 Å². The van der Waals surface area contributed by atoms with Gasteiger partial charge in [0.15, 0.2) is 5.96 Å². The smallest absolute Gasteiger partial charge is 0.354 e. The van der Waals surface area contributed by atoms with Gasteiger partial charge in [-0.2, -0.15) is 13.2 Å². The third-order valence-electron chi connectivity index (χ3n) is 4.54. The zero-order valence-corrected chi connectivity index (χ0v) is 14.4. The van der Waals surface area contributed by atoms with E-state index in [0.717, 1.165) is 49.7 Å². The number of likely N-dealkylation sites (tertiary alicyclic amines) is 1. The number of aliphatic imine (C=N–C) groups is 1. The predicted molar refractivity (Wildman–Crippen MR) is 92.4 cm³/mol. The lowest BCUT2D eigenvalue weighted by Crippen LogP contribution is -2.45. The van der Waals surface area contributed by atoms with Crippen LogP contribution in [0.15, 0.2) is 29.3 Å². The molecular formula is C18H25F3N4. The maximum atomic E-state index is 12.6. The maximum Gasteiger partial charge on any atom is 0.416 e. The Hall–Kier alpha value is -1.76. The molecule has 0 radical (unpaired) electrons. The minimum absolute atomic E-state index is 0.325. The summed E-state index contributed by atoms with van der Waals surface area (Å²) >= 11 is 0. The van der Waals surface area contributed by atoms with E-state index in [1.807, 2.05) is 6.92 Å². The van der Waals surface area contributed by atoms with Crippen LogP contribution in [-0.4, -0.2) is 42.6 Å². The lowest BCUT2D eigenvalue weighted by molar-refractivity contribution is -0.137. The summed E-state index contributed by atoms with van der Waals surface area (Å²) in [4.78, 5) is 6.74. The summed E-state index contributed by atoms with van der Waals surface area (Å²) in [5.74, 6) is 0.881. The molecule has 0 spiro atoms. The zero-order valence-electron chi connectivity index (χ0n) is 14.4. The van der Waals surface area contributed by atoms with Crippen LogP contribution >= 0.6 is 0 Å². The molecule has 0 aromatic heterocycles. The molecule has 2 N–H and O–H groups in total. The molecule has 1 heterocycles. The Bertz CT molecular complexity index is 593. The van der Waals surface area contributed by atoms with E-state index in [9.17, 15) is 13.2 Å². The van der Waals surface area contributed by atoms with Crippen LogP contribution in [0.1, 0.15) is 37.3 Å². The maximum absolute atomic E-state index is 12.6. The van der Waals surface area contributed by atoms with Crippen molar-refractivity contribution in [3.05, 3.63) is 35.4 Å². The molecule has 2 fully saturated rings. The van der Waals surface area contributed by atoms with Crippen molar-refractivity contribution in [1.29, 1.82) is 0 Å². The second kappa shape index (κ2) is 7.64. The predicted octanol–water partition coefficient (Wildman–Crippen LogP) is 3.00. The van der Waals surface area contributed by atoms with E-state index in [-0.39, 0.29) is 0 Å². The summed E-state index contributed by atoms with van der Waals surface area (Å²) in [6, 6.07) is 6.34. The molecular weight excluding hydrogens is 329 g/mol. The van der Waals surface area contributed by atoms with Crippen molar-refractivity contribution in [2.24, 2.45) is 4.99 Å². The first-order valence-corrected chi connectivity index (χ1v) is 8.90. The first-order valence-electron chi connectivity index (χ1n) is 8.90. The molecule has 3 rings (SSSR count). The number of benzene rings is 1. The Balaban J connectivity index is 1.49. The molecule has 0 bridgehead atoms. The summed E-state index contributed by atoms with van der Waals surface area (Å²) in [5.41, 5.74) is 0.316. The normalized spacial score (nSPS) is 22.2. The summed E-state index contributed by atoms with van der Waals surface area (Å²) in [5, 5.41) is 6.90. The molecule has 7 heteroatoms. The molecule has 1 saturated carbocycles. The standard InChI is InChI=1S/C18H25F3N4/c1-2-22-17(23-15-7-8-15)24-16-9-10-25(12-16)11-13-3-5-14(6-4-13)18(19,20)21/h3-6,15-16H,2,7-12H2,1H3,(H2,22,23,24). The van der Waals surface area contributed by atoms with Crippen molar-refractivity contribution in [3.8, 4) is 0 Å². The monoisotopic (exact) mass is 354 g/mol. The molecule has 1 aliphatic carbocycles. The van der Waals surface area contributed by atoms with Gasteiger partial charge < -0.3 is 10.6 Å². The second-order valence-electron chi connectivity index (χ2n) is 6.80. The van der Waals surface area contributed by atoms with Crippen LogP contribution in [0.2, 0.25) is 0 Å². The van der Waals surface area contributed by atoms with Gasteiger partial charge in [0.05, 0.1) is 5.56 Å². The Morgan fingerprint density at radius 1 is 1.12 bits per heavy atom. The molecule has 25 heavy (non-hydrogen) atoms. The van der Waals surface area contributed by atoms with Gasteiger partial charge in [-0.05, 0) is 43.9 Å². The summed E-state index contributed by atoms with van der Waals surface area (Å²) in [6.07, 6.45) is -0.856. The number of alkyl halides is 3. The van der Waals surface area contributed by atoms with Crippen molar-refractivity contribution in [3.63, 3.8) is 0 Å². The fraction of sp³-hybridized carbons (Fsp3) is 0.611. The highest BCUT2D eigenvalue weighted by Gasteiger charge is 2.30. The Morgan fingerprint density at radius 3 is 2.40 bits per heavy atom. The highest BCUT2D eigenvalue weighted by molar-refractivity contribution is 5.80. The van der Waals surface area contributed by atoms with Gasteiger partial charge in [0.25, 0.3) is 0 Å². The summed E-state index contributed by atoms with van der Waals surface area (Å²) < 4.78 is 37.9. The largest absolute Gasteiger partial charge is 0.416 e. The van der Waals surface area contributed by atoms with Crippen LogP contribution in [0, 0.1) is 0 Å². The topological polar surface area (TPSA) is 39.7 Å². The molecule has 4 nitrogen and oxygen atoms in total. The first-order chi connectivity index (χ1) is 11.9. The average Bonchev–Trinajstić information content (AvgIpc) is 3.26. The number of rotatable bonds is 5. The van der Waals surface area contributed by atoms with Gasteiger partial charge >= 0.3 is 6.18 Å². The lowest BCUT2D eigenvalue weighted by Gasteiger charge is -2.19. The second-order valence-corrected chi connectivity index (χ2v) is 6.80. The molecule has 1 aromatic carbocycles. The van der Waals surface area contributed by atoms with E-state index >= 15 is 0 Å². The Labute approximate surface area is 146 Å². The van der Waals surface area contributed by atoms with Gasteiger partial charge in [-0.1, -0.05) is 12.1 Å². The van der Waals surface area contributed by atoms with Crippen LogP contribution < -0.4 is 10.6 Å². The highest BCUT2D eigenvalue weighted by Crippen LogP contribution is 2.29. The van der Waals surface area contributed by atoms with E-state index in [1.54, 1.807) is 12.1 Å². The molecule has 1 saturated heterocycles. The molecule has 1 aliphatic heterocycles. The Kier molecular flexibility index (Phi) is 5.51. The number of hydrogen-bond donors (Lipinski definition) is 2. The Morgan fingerprint density at radius 2 is 1.80 bits per heavy atom. The zero-order chi connectivity index (χ0) is 17.9. The van der Waals surface area contributed by atoms with Crippen molar-refractivity contribution in [2.75, 3.05) is 19.6 Å². The van der Waals surface area contributed by atoms with E-state index < -0.39 is 11.7 Å². The summed E-state index contributed by atoms with van der Waals surface area (Å²) in [6.45, 7) is 5.23. The third-order valence-corrected chi connectivity index (χ3v) is 4.54. The van der Waals surface area contributed by atoms with Crippen molar-refractivity contribution >= 4 is 5.96 Å². The van der Waals surface area contributed by atoms with Crippen molar-refractivity contribution < 1.29 is 13.2 Å². The highest BCUT2D eigenvalue weighted by atomic mass is 19.4. The third kappa shape index (κ3) is 5.36. The number of hydrogen-bond acceptors (Lipinski definition) is 2. The van der Waals surface area contributed by atoms with Crippen LogP contribution in [0.25, 0.3) is 0 Å². The molecule has 1 unspecified atom stereocenters. The minimum atomic E-state index is -4.27.